The van der Waals surface area contributed by atoms with Crippen LogP contribution in [0.15, 0.2) is 54.6 Å². The number of imide groups is 1. The number of primary amides is 1. The highest BCUT2D eigenvalue weighted by Gasteiger charge is 2.42. The molecule has 0 radical (unpaired) electrons. The standard InChI is InChI=1S/C20H18N4O6/c21-16(25)10-15(19(28)29)22-20(30)23(11-12-6-2-1-3-7-12)24-17(26)13-8-4-5-9-14(13)18(24)27/h1-9,15H,10-11H2,(H2,21,25)(H,22,30)(H,28,29). The lowest BCUT2D eigenvalue weighted by Crippen LogP contribution is -2.56. The minimum atomic E-state index is -1.62. The van der Waals surface area contributed by atoms with Crippen molar-refractivity contribution in [2.45, 2.75) is 19.0 Å². The first-order chi connectivity index (χ1) is 14.3. The Hall–Kier alpha value is -4.21. The molecule has 1 heterocycles. The molecule has 2 aromatic rings. The lowest BCUT2D eigenvalue weighted by atomic mass is 10.1. The smallest absolute Gasteiger partial charge is 0.337 e. The second-order valence-electron chi connectivity index (χ2n) is 6.52. The monoisotopic (exact) mass is 410 g/mol. The molecular weight excluding hydrogens is 392 g/mol. The maximum atomic E-state index is 12.9. The quantitative estimate of drug-likeness (QED) is 0.573. The van der Waals surface area contributed by atoms with Gasteiger partial charge >= 0.3 is 12.0 Å². The van der Waals surface area contributed by atoms with Gasteiger partial charge in [0.25, 0.3) is 11.8 Å². The number of carboxylic acids is 1. The number of urea groups is 1. The second kappa shape index (κ2) is 8.43. The molecular formula is C20H18N4O6. The predicted molar refractivity (Wildman–Crippen MR) is 103 cm³/mol. The van der Waals surface area contributed by atoms with Crippen LogP contribution in [0, 0.1) is 0 Å². The number of benzene rings is 2. The van der Waals surface area contributed by atoms with E-state index in [2.05, 4.69) is 5.32 Å². The van der Waals surface area contributed by atoms with E-state index in [4.69, 9.17) is 5.73 Å². The van der Waals surface area contributed by atoms with E-state index in [0.717, 1.165) is 5.01 Å². The van der Waals surface area contributed by atoms with Crippen molar-refractivity contribution in [2.75, 3.05) is 0 Å². The summed E-state index contributed by atoms with van der Waals surface area (Å²) < 4.78 is 0. The minimum Gasteiger partial charge on any atom is -0.480 e. The Bertz CT molecular complexity index is 988. The third-order valence-corrected chi connectivity index (χ3v) is 4.42. The van der Waals surface area contributed by atoms with Crippen LogP contribution < -0.4 is 11.1 Å². The zero-order valence-corrected chi connectivity index (χ0v) is 15.6. The van der Waals surface area contributed by atoms with Crippen molar-refractivity contribution >= 4 is 29.7 Å². The Morgan fingerprint density at radius 2 is 1.50 bits per heavy atom. The fourth-order valence-electron chi connectivity index (χ4n) is 3.01. The summed E-state index contributed by atoms with van der Waals surface area (Å²) in [6.07, 6.45) is -0.650. The number of amides is 5. The number of nitrogens with zero attached hydrogens (tertiary/aromatic N) is 2. The van der Waals surface area contributed by atoms with E-state index >= 15 is 0 Å². The summed E-state index contributed by atoms with van der Waals surface area (Å²) >= 11 is 0. The summed E-state index contributed by atoms with van der Waals surface area (Å²) in [5.41, 5.74) is 5.88. The van der Waals surface area contributed by atoms with Crippen molar-refractivity contribution < 1.29 is 29.1 Å². The molecule has 10 heteroatoms. The molecule has 5 amide bonds. The molecule has 0 saturated carbocycles. The Kier molecular flexibility index (Phi) is 5.77. The van der Waals surface area contributed by atoms with Gasteiger partial charge in [-0.2, -0.15) is 5.01 Å². The summed E-state index contributed by atoms with van der Waals surface area (Å²) in [5, 5.41) is 12.9. The van der Waals surface area contributed by atoms with E-state index in [-0.39, 0.29) is 17.7 Å². The van der Waals surface area contributed by atoms with E-state index < -0.39 is 42.2 Å². The second-order valence-corrected chi connectivity index (χ2v) is 6.52. The summed E-state index contributed by atoms with van der Waals surface area (Å²) in [6, 6.07) is 12.0. The van der Waals surface area contributed by atoms with E-state index in [1.807, 2.05) is 0 Å². The first-order valence-electron chi connectivity index (χ1n) is 8.90. The van der Waals surface area contributed by atoms with Gasteiger partial charge in [-0.05, 0) is 17.7 Å². The first kappa shape index (κ1) is 20.5. The molecule has 0 aromatic heterocycles. The van der Waals surface area contributed by atoms with Crippen LogP contribution in [-0.4, -0.2) is 50.9 Å². The Balaban J connectivity index is 1.94. The SMILES string of the molecule is NC(=O)CC(NC(=O)N(Cc1ccccc1)N1C(=O)c2ccccc2C1=O)C(=O)O. The number of rotatable bonds is 7. The summed E-state index contributed by atoms with van der Waals surface area (Å²) in [7, 11) is 0. The van der Waals surface area contributed by atoms with Crippen LogP contribution in [0.25, 0.3) is 0 Å². The van der Waals surface area contributed by atoms with Gasteiger partial charge < -0.3 is 16.2 Å². The lowest BCUT2D eigenvalue weighted by molar-refractivity contribution is -0.141. The molecule has 30 heavy (non-hydrogen) atoms. The van der Waals surface area contributed by atoms with Crippen LogP contribution in [0.2, 0.25) is 0 Å². The summed E-state index contributed by atoms with van der Waals surface area (Å²) in [6.45, 7) is -0.193. The number of nitrogens with one attached hydrogen (secondary N) is 1. The van der Waals surface area contributed by atoms with Crippen LogP contribution in [0.5, 0.6) is 0 Å². The van der Waals surface area contributed by atoms with Crippen LogP contribution in [0.3, 0.4) is 0 Å². The van der Waals surface area contributed by atoms with Crippen molar-refractivity contribution in [3.63, 3.8) is 0 Å². The fraction of sp³-hybridized carbons (Fsp3) is 0.150. The maximum Gasteiger partial charge on any atom is 0.337 e. The van der Waals surface area contributed by atoms with Gasteiger partial charge in [0.05, 0.1) is 24.1 Å². The van der Waals surface area contributed by atoms with Crippen LogP contribution >= 0.6 is 0 Å². The summed E-state index contributed by atoms with van der Waals surface area (Å²) in [4.78, 5) is 61.1. The molecule has 0 bridgehead atoms. The van der Waals surface area contributed by atoms with E-state index in [0.29, 0.717) is 10.6 Å². The van der Waals surface area contributed by atoms with Gasteiger partial charge in [-0.1, -0.05) is 42.5 Å². The molecule has 154 valence electrons. The van der Waals surface area contributed by atoms with Crippen molar-refractivity contribution in [1.29, 1.82) is 0 Å². The molecule has 10 nitrogen and oxygen atoms in total. The molecule has 1 aliphatic heterocycles. The number of hydrogen-bond donors (Lipinski definition) is 3. The molecule has 2 aromatic carbocycles. The van der Waals surface area contributed by atoms with Crippen molar-refractivity contribution in [1.82, 2.24) is 15.3 Å². The normalized spacial score (nSPS) is 13.5. The fourth-order valence-corrected chi connectivity index (χ4v) is 3.01. The molecule has 0 saturated heterocycles. The van der Waals surface area contributed by atoms with Gasteiger partial charge in [0.15, 0.2) is 0 Å². The highest BCUT2D eigenvalue weighted by molar-refractivity contribution is 6.21. The first-order valence-corrected chi connectivity index (χ1v) is 8.90. The van der Waals surface area contributed by atoms with Crippen molar-refractivity contribution in [3.05, 3.63) is 71.3 Å². The van der Waals surface area contributed by atoms with Gasteiger partial charge in [-0.25, -0.2) is 14.6 Å². The van der Waals surface area contributed by atoms with Gasteiger partial charge in [0.1, 0.15) is 6.04 Å². The molecule has 3 rings (SSSR count). The molecule has 4 N–H and O–H groups in total. The van der Waals surface area contributed by atoms with Gasteiger partial charge in [0.2, 0.25) is 5.91 Å². The largest absolute Gasteiger partial charge is 0.480 e. The third-order valence-electron chi connectivity index (χ3n) is 4.42. The van der Waals surface area contributed by atoms with Crippen LogP contribution in [0.4, 0.5) is 4.79 Å². The zero-order valence-electron chi connectivity index (χ0n) is 15.6. The summed E-state index contributed by atoms with van der Waals surface area (Å²) in [5.74, 6) is -3.85. The lowest BCUT2D eigenvalue weighted by Gasteiger charge is -2.31. The number of carbonyl (C=O) groups is 5. The number of carbonyl (C=O) groups excluding carboxylic acids is 4. The Labute approximate surface area is 170 Å². The van der Waals surface area contributed by atoms with Crippen molar-refractivity contribution in [2.24, 2.45) is 5.73 Å². The number of nitrogens with two attached hydrogens (primary N) is 1. The number of fused-ring (bicyclic) bond motifs is 1. The zero-order chi connectivity index (χ0) is 21.8. The molecule has 0 aliphatic carbocycles. The Morgan fingerprint density at radius 3 is 2.00 bits per heavy atom. The average molecular weight is 410 g/mol. The van der Waals surface area contributed by atoms with Gasteiger partial charge in [-0.15, -0.1) is 0 Å². The molecule has 0 fully saturated rings. The third kappa shape index (κ3) is 4.12. The van der Waals surface area contributed by atoms with E-state index in [9.17, 15) is 29.1 Å². The van der Waals surface area contributed by atoms with Crippen molar-refractivity contribution in [3.8, 4) is 0 Å². The van der Waals surface area contributed by atoms with Crippen LogP contribution in [-0.2, 0) is 16.1 Å². The molecule has 1 atom stereocenters. The molecule has 1 unspecified atom stereocenters. The highest BCUT2D eigenvalue weighted by Crippen LogP contribution is 2.25. The number of hydrazine groups is 1. The number of carboxylic acid groups (broad SMARTS) is 1. The minimum absolute atomic E-state index is 0.125. The molecule has 1 aliphatic rings. The molecule has 0 spiro atoms. The maximum absolute atomic E-state index is 12.9. The average Bonchev–Trinajstić information content (AvgIpc) is 2.97. The Morgan fingerprint density at radius 1 is 0.967 bits per heavy atom. The topological polar surface area (TPSA) is 150 Å². The van der Waals surface area contributed by atoms with E-state index in [1.165, 1.54) is 12.1 Å². The number of hydrogen-bond acceptors (Lipinski definition) is 5. The van der Waals surface area contributed by atoms with Gasteiger partial charge in [-0.3, -0.25) is 14.4 Å². The van der Waals surface area contributed by atoms with Crippen LogP contribution in [0.1, 0.15) is 32.7 Å². The van der Waals surface area contributed by atoms with E-state index in [1.54, 1.807) is 42.5 Å². The highest BCUT2D eigenvalue weighted by atomic mass is 16.4. The van der Waals surface area contributed by atoms with Gasteiger partial charge in [0, 0.05) is 0 Å². The number of aliphatic carboxylic acids is 1. The predicted octanol–water partition coefficient (Wildman–Crippen LogP) is 0.738.